The van der Waals surface area contributed by atoms with Crippen molar-refractivity contribution in [1.29, 1.82) is 0 Å². The van der Waals surface area contributed by atoms with Gasteiger partial charge >= 0.3 is 6.18 Å². The van der Waals surface area contributed by atoms with Gasteiger partial charge in [0.2, 0.25) is 5.91 Å². The highest BCUT2D eigenvalue weighted by molar-refractivity contribution is 6.33. The van der Waals surface area contributed by atoms with Crippen LogP contribution in [0.4, 0.5) is 30.2 Å². The van der Waals surface area contributed by atoms with E-state index in [2.05, 4.69) is 14.7 Å². The molecule has 2 fully saturated rings. The minimum absolute atomic E-state index is 0.00943. The minimum atomic E-state index is -4.44. The molecule has 2 atom stereocenters. The van der Waals surface area contributed by atoms with Crippen molar-refractivity contribution in [3.05, 3.63) is 87.9 Å². The van der Waals surface area contributed by atoms with E-state index in [1.165, 1.54) is 6.07 Å². The first-order chi connectivity index (χ1) is 19.2. The Balaban J connectivity index is 1.27. The van der Waals surface area contributed by atoms with Gasteiger partial charge in [0.25, 0.3) is 0 Å². The number of amides is 1. The normalized spacial score (nSPS) is 21.2. The number of alkyl halides is 3. The third-order valence-corrected chi connectivity index (χ3v) is 8.87. The van der Waals surface area contributed by atoms with Gasteiger partial charge in [0.05, 0.1) is 28.2 Å². The molecule has 3 aromatic carbocycles. The van der Waals surface area contributed by atoms with Gasteiger partial charge in [-0.2, -0.15) is 13.2 Å². The van der Waals surface area contributed by atoms with E-state index in [4.69, 9.17) is 23.2 Å². The van der Waals surface area contributed by atoms with Crippen molar-refractivity contribution in [2.75, 3.05) is 60.5 Å². The fourth-order valence-corrected chi connectivity index (χ4v) is 6.74. The van der Waals surface area contributed by atoms with Crippen molar-refractivity contribution in [3.63, 3.8) is 0 Å². The zero-order chi connectivity index (χ0) is 28.0. The van der Waals surface area contributed by atoms with E-state index >= 15 is 0 Å². The van der Waals surface area contributed by atoms with Crippen molar-refractivity contribution in [1.82, 2.24) is 4.90 Å². The molecule has 40 heavy (non-hydrogen) atoms. The van der Waals surface area contributed by atoms with Crippen LogP contribution in [0.3, 0.4) is 0 Å². The van der Waals surface area contributed by atoms with Crippen LogP contribution in [0.2, 0.25) is 10.0 Å². The largest absolute Gasteiger partial charge is 0.416 e. The maximum atomic E-state index is 14.1. The Labute approximate surface area is 241 Å². The van der Waals surface area contributed by atoms with Gasteiger partial charge in [-0.05, 0) is 60.5 Å². The van der Waals surface area contributed by atoms with Crippen LogP contribution < -0.4 is 14.7 Å². The molecule has 5 nitrogen and oxygen atoms in total. The van der Waals surface area contributed by atoms with Gasteiger partial charge in [-0.15, -0.1) is 0 Å². The minimum Gasteiger partial charge on any atom is -0.368 e. The summed E-state index contributed by atoms with van der Waals surface area (Å²) in [6.07, 6.45) is -4.17. The molecular formula is C30H29Cl2F3N4O. The fourth-order valence-electron chi connectivity index (χ4n) is 6.30. The summed E-state index contributed by atoms with van der Waals surface area (Å²) in [7, 11) is 0. The van der Waals surface area contributed by atoms with Crippen LogP contribution in [0, 0.1) is 5.92 Å². The van der Waals surface area contributed by atoms with Gasteiger partial charge in [0.1, 0.15) is 0 Å². The topological polar surface area (TPSA) is 30.0 Å². The quantitative estimate of drug-likeness (QED) is 0.363. The molecule has 3 aromatic rings. The highest BCUT2D eigenvalue weighted by atomic mass is 35.5. The molecule has 0 radical (unpaired) electrons. The molecule has 210 valence electrons. The molecule has 6 rings (SSSR count). The number of para-hydroxylation sites is 1. The number of carbonyl (C=O) groups excluding carboxylic acids is 1. The Hall–Kier alpha value is -3.10. The molecule has 0 aromatic heterocycles. The lowest BCUT2D eigenvalue weighted by Crippen LogP contribution is -2.62. The van der Waals surface area contributed by atoms with E-state index in [0.717, 1.165) is 23.1 Å². The second-order valence-corrected chi connectivity index (χ2v) is 11.4. The molecule has 0 saturated carbocycles. The van der Waals surface area contributed by atoms with Gasteiger partial charge in [-0.1, -0.05) is 41.4 Å². The molecule has 0 N–H and O–H groups in total. The van der Waals surface area contributed by atoms with E-state index in [9.17, 15) is 18.0 Å². The van der Waals surface area contributed by atoms with Gasteiger partial charge in [-0.25, -0.2) is 0 Å². The first-order valence-corrected chi connectivity index (χ1v) is 14.2. The van der Waals surface area contributed by atoms with Gasteiger partial charge in [-0.3, -0.25) is 4.79 Å². The van der Waals surface area contributed by atoms with E-state index < -0.39 is 17.7 Å². The smallest absolute Gasteiger partial charge is 0.368 e. The molecule has 2 saturated heterocycles. The van der Waals surface area contributed by atoms with Crippen LogP contribution >= 0.6 is 23.2 Å². The van der Waals surface area contributed by atoms with Gasteiger partial charge in [0.15, 0.2) is 0 Å². The van der Waals surface area contributed by atoms with Crippen LogP contribution in [0.15, 0.2) is 66.7 Å². The van der Waals surface area contributed by atoms with Crippen LogP contribution in [-0.4, -0.2) is 62.7 Å². The lowest BCUT2D eigenvalue weighted by atomic mass is 9.82. The standard InChI is InChI=1S/C30H29Cl2F3N4O/c31-22-4-3-5-23(18-22)36-10-12-37(13-11-36)29(40)24-17-20-16-21(30(33,34)35)8-9-26(20)39-15-14-38(19-28(24)39)27-7-2-1-6-25(27)32/h1-9,16,18,24,28H,10-15,17,19H2. The monoisotopic (exact) mass is 588 g/mol. The molecule has 3 aliphatic rings. The van der Waals surface area contributed by atoms with Crippen molar-refractivity contribution >= 4 is 46.2 Å². The van der Waals surface area contributed by atoms with E-state index in [1.807, 2.05) is 53.4 Å². The third-order valence-electron chi connectivity index (χ3n) is 8.31. The van der Waals surface area contributed by atoms with Crippen LogP contribution in [0.1, 0.15) is 11.1 Å². The molecule has 10 heteroatoms. The Bertz CT molecular complexity index is 1410. The Morgan fingerprint density at radius 1 is 0.800 bits per heavy atom. The summed E-state index contributed by atoms with van der Waals surface area (Å²) in [5.74, 6) is -0.483. The highest BCUT2D eigenvalue weighted by Gasteiger charge is 2.44. The molecule has 0 spiro atoms. The highest BCUT2D eigenvalue weighted by Crippen LogP contribution is 2.41. The molecule has 0 bridgehead atoms. The summed E-state index contributed by atoms with van der Waals surface area (Å²) in [5, 5.41) is 1.30. The maximum Gasteiger partial charge on any atom is 0.416 e. The molecule has 1 amide bonds. The summed E-state index contributed by atoms with van der Waals surface area (Å²) in [6, 6.07) is 19.0. The van der Waals surface area contributed by atoms with Crippen LogP contribution in [0.5, 0.6) is 0 Å². The molecule has 0 aliphatic carbocycles. The molecule has 2 unspecified atom stereocenters. The Morgan fingerprint density at radius 3 is 2.27 bits per heavy atom. The number of fused-ring (bicyclic) bond motifs is 3. The van der Waals surface area contributed by atoms with E-state index in [1.54, 1.807) is 6.07 Å². The number of anilines is 3. The number of nitrogens with zero attached hydrogens (tertiary/aromatic N) is 4. The van der Waals surface area contributed by atoms with E-state index in [-0.39, 0.29) is 18.4 Å². The first-order valence-electron chi connectivity index (χ1n) is 13.4. The van der Waals surface area contributed by atoms with Crippen molar-refractivity contribution in [2.24, 2.45) is 5.92 Å². The second kappa shape index (κ2) is 10.7. The van der Waals surface area contributed by atoms with Crippen molar-refractivity contribution < 1.29 is 18.0 Å². The van der Waals surface area contributed by atoms with Crippen LogP contribution in [0.25, 0.3) is 0 Å². The lowest BCUT2D eigenvalue weighted by Gasteiger charge is -2.51. The van der Waals surface area contributed by atoms with Crippen molar-refractivity contribution in [3.8, 4) is 0 Å². The average molecular weight is 589 g/mol. The number of benzene rings is 3. The zero-order valence-corrected chi connectivity index (χ0v) is 23.3. The lowest BCUT2D eigenvalue weighted by molar-refractivity contribution is -0.137. The predicted octanol–water partition coefficient (Wildman–Crippen LogP) is 6.23. The van der Waals surface area contributed by atoms with Gasteiger partial charge < -0.3 is 19.6 Å². The summed E-state index contributed by atoms with van der Waals surface area (Å²) in [5.41, 5.74) is 2.60. The summed E-state index contributed by atoms with van der Waals surface area (Å²) in [4.78, 5) is 22.5. The SMILES string of the molecule is O=C(C1Cc2cc(C(F)(F)F)ccc2N2CCN(c3ccccc3Cl)CC12)N1CCN(c2cccc(Cl)c2)CC1. The number of hydrogen-bond donors (Lipinski definition) is 0. The number of piperazine rings is 2. The Morgan fingerprint density at radius 2 is 1.55 bits per heavy atom. The predicted molar refractivity (Wildman–Crippen MR) is 154 cm³/mol. The zero-order valence-electron chi connectivity index (χ0n) is 21.7. The summed E-state index contributed by atoms with van der Waals surface area (Å²) >= 11 is 12.7. The second-order valence-electron chi connectivity index (χ2n) is 10.6. The van der Waals surface area contributed by atoms with Gasteiger partial charge in [0, 0.05) is 62.2 Å². The number of hydrogen-bond acceptors (Lipinski definition) is 4. The summed E-state index contributed by atoms with van der Waals surface area (Å²) < 4.78 is 40.8. The number of rotatable bonds is 3. The average Bonchev–Trinajstić information content (AvgIpc) is 2.95. The maximum absolute atomic E-state index is 14.1. The summed E-state index contributed by atoms with van der Waals surface area (Å²) in [6.45, 7) is 4.20. The fraction of sp³-hybridized carbons (Fsp3) is 0.367. The molecule has 3 heterocycles. The first kappa shape index (κ1) is 27.1. The molecular weight excluding hydrogens is 560 g/mol. The van der Waals surface area contributed by atoms with Crippen molar-refractivity contribution in [2.45, 2.75) is 18.6 Å². The molecule has 3 aliphatic heterocycles. The van der Waals surface area contributed by atoms with Crippen LogP contribution in [-0.2, 0) is 17.4 Å². The third kappa shape index (κ3) is 5.19. The number of halogens is 5. The van der Waals surface area contributed by atoms with E-state index in [0.29, 0.717) is 61.4 Å². The Kier molecular flexibility index (Phi) is 7.25. The number of carbonyl (C=O) groups is 1.